The number of hydrogen-bond acceptors (Lipinski definition) is 4. The number of sulfonamides is 1. The molecule has 0 bridgehead atoms. The first-order chi connectivity index (χ1) is 13.0. The Balaban J connectivity index is 1.51. The van der Waals surface area contributed by atoms with Gasteiger partial charge in [-0.05, 0) is 62.8 Å². The third kappa shape index (κ3) is 5.02. The lowest BCUT2D eigenvalue weighted by Crippen LogP contribution is -2.43. The Bertz CT molecular complexity index is 719. The minimum atomic E-state index is -3.52. The second kappa shape index (κ2) is 9.06. The largest absolute Gasteiger partial charge is 0.494 e. The molecule has 1 amide bonds. The molecule has 0 radical (unpaired) electrons. The van der Waals surface area contributed by atoms with Gasteiger partial charge in [0.05, 0.1) is 11.5 Å². The molecule has 7 heteroatoms. The molecule has 1 aliphatic carbocycles. The van der Waals surface area contributed by atoms with E-state index in [1.165, 1.54) is 30.0 Å². The third-order valence-corrected chi connectivity index (χ3v) is 7.55. The Morgan fingerprint density at radius 1 is 1.11 bits per heavy atom. The van der Waals surface area contributed by atoms with Crippen LogP contribution in [0.5, 0.6) is 5.75 Å². The van der Waals surface area contributed by atoms with Gasteiger partial charge in [-0.2, -0.15) is 4.31 Å². The Morgan fingerprint density at radius 2 is 1.74 bits per heavy atom. The lowest BCUT2D eigenvalue weighted by molar-refractivity contribution is -0.126. The van der Waals surface area contributed by atoms with Crippen molar-refractivity contribution >= 4 is 15.9 Å². The number of hydrogen-bond donors (Lipinski definition) is 1. The molecular formula is C20H30N2O4S. The van der Waals surface area contributed by atoms with Gasteiger partial charge in [0, 0.05) is 25.6 Å². The molecule has 1 aromatic carbocycles. The fraction of sp³-hybridized carbons (Fsp3) is 0.650. The average molecular weight is 395 g/mol. The highest BCUT2D eigenvalue weighted by Gasteiger charge is 2.32. The maximum atomic E-state index is 12.8. The SMILES string of the molecule is CCOc1ccc(S(=O)(=O)N2CCC(C(=O)NCC3CCCC3)CC2)cc1. The molecule has 2 fully saturated rings. The second-order valence-corrected chi connectivity index (χ2v) is 9.42. The van der Waals surface area contributed by atoms with E-state index in [2.05, 4.69) is 5.32 Å². The van der Waals surface area contributed by atoms with Crippen molar-refractivity contribution < 1.29 is 17.9 Å². The van der Waals surface area contributed by atoms with Crippen LogP contribution in [-0.4, -0.2) is 44.9 Å². The molecule has 0 unspecified atom stereocenters. The summed E-state index contributed by atoms with van der Waals surface area (Å²) in [5, 5.41) is 3.08. The van der Waals surface area contributed by atoms with E-state index in [1.54, 1.807) is 24.3 Å². The monoisotopic (exact) mass is 394 g/mol. The summed E-state index contributed by atoms with van der Waals surface area (Å²) in [5.74, 6) is 1.28. The van der Waals surface area contributed by atoms with Crippen LogP contribution in [-0.2, 0) is 14.8 Å². The van der Waals surface area contributed by atoms with Gasteiger partial charge in [0.2, 0.25) is 15.9 Å². The van der Waals surface area contributed by atoms with Gasteiger partial charge in [0.1, 0.15) is 5.75 Å². The third-order valence-electron chi connectivity index (χ3n) is 5.64. The van der Waals surface area contributed by atoms with Crippen LogP contribution < -0.4 is 10.1 Å². The smallest absolute Gasteiger partial charge is 0.243 e. The lowest BCUT2D eigenvalue weighted by atomic mass is 9.97. The minimum Gasteiger partial charge on any atom is -0.494 e. The fourth-order valence-electron chi connectivity index (χ4n) is 3.99. The average Bonchev–Trinajstić information content (AvgIpc) is 3.20. The van der Waals surface area contributed by atoms with Gasteiger partial charge >= 0.3 is 0 Å². The number of carbonyl (C=O) groups is 1. The summed E-state index contributed by atoms with van der Waals surface area (Å²) < 4.78 is 32.5. The Morgan fingerprint density at radius 3 is 2.33 bits per heavy atom. The van der Waals surface area contributed by atoms with Crippen LogP contribution in [0.15, 0.2) is 29.2 Å². The first kappa shape index (κ1) is 20.1. The van der Waals surface area contributed by atoms with Crippen molar-refractivity contribution in [3.05, 3.63) is 24.3 Å². The van der Waals surface area contributed by atoms with E-state index in [4.69, 9.17) is 4.74 Å². The van der Waals surface area contributed by atoms with Gasteiger partial charge in [-0.25, -0.2) is 8.42 Å². The van der Waals surface area contributed by atoms with Crippen LogP contribution in [0.3, 0.4) is 0 Å². The highest BCUT2D eigenvalue weighted by molar-refractivity contribution is 7.89. The summed E-state index contributed by atoms with van der Waals surface area (Å²) in [4.78, 5) is 12.7. The normalized spacial score (nSPS) is 19.9. The number of rotatable bonds is 7. The number of nitrogens with one attached hydrogen (secondary N) is 1. The standard InChI is InChI=1S/C20H30N2O4S/c1-2-26-18-7-9-19(10-8-18)27(24,25)22-13-11-17(12-14-22)20(23)21-15-16-5-3-4-6-16/h7-10,16-17H,2-6,11-15H2,1H3,(H,21,23). The van der Waals surface area contributed by atoms with E-state index in [9.17, 15) is 13.2 Å². The van der Waals surface area contributed by atoms with Gasteiger partial charge in [-0.3, -0.25) is 4.79 Å². The topological polar surface area (TPSA) is 75.7 Å². The molecule has 0 aromatic heterocycles. The van der Waals surface area contributed by atoms with Crippen LogP contribution >= 0.6 is 0 Å². The minimum absolute atomic E-state index is 0.0833. The van der Waals surface area contributed by atoms with Gasteiger partial charge < -0.3 is 10.1 Å². The second-order valence-electron chi connectivity index (χ2n) is 7.48. The summed E-state index contributed by atoms with van der Waals surface area (Å²) in [7, 11) is -3.52. The van der Waals surface area contributed by atoms with Crippen molar-refractivity contribution in [1.29, 1.82) is 0 Å². The molecule has 1 aliphatic heterocycles. The van der Waals surface area contributed by atoms with E-state index >= 15 is 0 Å². The number of piperidine rings is 1. The van der Waals surface area contributed by atoms with Crippen LogP contribution in [0.4, 0.5) is 0 Å². The number of ether oxygens (including phenoxy) is 1. The molecule has 150 valence electrons. The maximum absolute atomic E-state index is 12.8. The summed E-state index contributed by atoms with van der Waals surface area (Å²) in [6, 6.07) is 6.53. The van der Waals surface area contributed by atoms with E-state index in [-0.39, 0.29) is 16.7 Å². The first-order valence-corrected chi connectivity index (χ1v) is 11.5. The molecule has 0 atom stereocenters. The maximum Gasteiger partial charge on any atom is 0.243 e. The quantitative estimate of drug-likeness (QED) is 0.772. The molecule has 3 rings (SSSR count). The summed E-state index contributed by atoms with van der Waals surface area (Å²) in [6.45, 7) is 3.97. The van der Waals surface area contributed by atoms with Gasteiger partial charge in [0.25, 0.3) is 0 Å². The highest BCUT2D eigenvalue weighted by Crippen LogP contribution is 2.26. The highest BCUT2D eigenvalue weighted by atomic mass is 32.2. The van der Waals surface area contributed by atoms with Crippen molar-refractivity contribution in [3.63, 3.8) is 0 Å². The number of nitrogens with zero attached hydrogens (tertiary/aromatic N) is 1. The Kier molecular flexibility index (Phi) is 6.76. The molecule has 1 saturated carbocycles. The van der Waals surface area contributed by atoms with Crippen molar-refractivity contribution in [3.8, 4) is 5.75 Å². The van der Waals surface area contributed by atoms with E-state index in [0.717, 1.165) is 6.54 Å². The van der Waals surface area contributed by atoms with Crippen LogP contribution in [0, 0.1) is 11.8 Å². The van der Waals surface area contributed by atoms with Crippen LogP contribution in [0.2, 0.25) is 0 Å². The Hall–Kier alpha value is -1.60. The van der Waals surface area contributed by atoms with Gasteiger partial charge in [-0.1, -0.05) is 12.8 Å². The van der Waals surface area contributed by atoms with Gasteiger partial charge in [-0.15, -0.1) is 0 Å². The predicted molar refractivity (Wildman–Crippen MR) is 104 cm³/mol. The molecule has 1 aromatic rings. The summed E-state index contributed by atoms with van der Waals surface area (Å²) in [6.07, 6.45) is 6.10. The van der Waals surface area contributed by atoms with Crippen LogP contribution in [0.1, 0.15) is 45.4 Å². The predicted octanol–water partition coefficient (Wildman–Crippen LogP) is 2.79. The van der Waals surface area contributed by atoms with Crippen molar-refractivity contribution in [2.75, 3.05) is 26.2 Å². The molecule has 2 aliphatic rings. The Labute approximate surface area is 162 Å². The van der Waals surface area contributed by atoms with E-state index < -0.39 is 10.0 Å². The molecule has 0 spiro atoms. The van der Waals surface area contributed by atoms with E-state index in [0.29, 0.717) is 44.2 Å². The lowest BCUT2D eigenvalue weighted by Gasteiger charge is -2.30. The van der Waals surface area contributed by atoms with Crippen molar-refractivity contribution in [2.24, 2.45) is 11.8 Å². The number of carbonyl (C=O) groups excluding carboxylic acids is 1. The van der Waals surface area contributed by atoms with Crippen molar-refractivity contribution in [2.45, 2.75) is 50.3 Å². The zero-order valence-corrected chi connectivity index (χ0v) is 16.8. The molecule has 1 heterocycles. The summed E-state index contributed by atoms with van der Waals surface area (Å²) in [5.41, 5.74) is 0. The molecule has 1 N–H and O–H groups in total. The number of amides is 1. The first-order valence-electron chi connectivity index (χ1n) is 10.0. The molecule has 6 nitrogen and oxygen atoms in total. The number of benzene rings is 1. The van der Waals surface area contributed by atoms with Crippen molar-refractivity contribution in [1.82, 2.24) is 9.62 Å². The van der Waals surface area contributed by atoms with Gasteiger partial charge in [0.15, 0.2) is 0 Å². The molecular weight excluding hydrogens is 364 g/mol. The molecule has 27 heavy (non-hydrogen) atoms. The fourth-order valence-corrected chi connectivity index (χ4v) is 5.46. The molecule has 1 saturated heterocycles. The zero-order chi connectivity index (χ0) is 19.3. The zero-order valence-electron chi connectivity index (χ0n) is 16.0. The van der Waals surface area contributed by atoms with Crippen LogP contribution in [0.25, 0.3) is 0 Å². The summed E-state index contributed by atoms with van der Waals surface area (Å²) >= 11 is 0. The van der Waals surface area contributed by atoms with E-state index in [1.807, 2.05) is 6.92 Å².